The van der Waals surface area contributed by atoms with Crippen LogP contribution in [0.1, 0.15) is 17.5 Å². The molecule has 2 N–H and O–H groups in total. The van der Waals surface area contributed by atoms with E-state index in [9.17, 15) is 4.79 Å². The van der Waals surface area contributed by atoms with E-state index in [1.807, 2.05) is 24.3 Å². The predicted octanol–water partition coefficient (Wildman–Crippen LogP) is 1.51. The lowest BCUT2D eigenvalue weighted by molar-refractivity contribution is -0.141. The summed E-state index contributed by atoms with van der Waals surface area (Å²) in [5.41, 5.74) is 2.26. The van der Waals surface area contributed by atoms with Crippen molar-refractivity contribution in [2.24, 2.45) is 11.1 Å². The largest absolute Gasteiger partial charge is 0.481 e. The number of hydrogen-bond donors (Lipinski definition) is 2. The second-order valence-electron chi connectivity index (χ2n) is 3.65. The first-order valence-corrected chi connectivity index (χ1v) is 4.74. The van der Waals surface area contributed by atoms with E-state index in [0.717, 1.165) is 11.1 Å². The zero-order valence-corrected chi connectivity index (χ0v) is 8.05. The van der Waals surface area contributed by atoms with E-state index in [2.05, 4.69) is 5.16 Å². The number of carboxylic acid groups (broad SMARTS) is 1. The quantitative estimate of drug-likeness (QED) is 0.539. The molecule has 0 spiro atoms. The highest BCUT2D eigenvalue weighted by atomic mass is 16.4. The lowest BCUT2D eigenvalue weighted by Gasteiger charge is -2.21. The molecule has 4 nitrogen and oxygen atoms in total. The average Bonchev–Trinajstić information content (AvgIpc) is 2.27. The van der Waals surface area contributed by atoms with E-state index in [-0.39, 0.29) is 0 Å². The van der Waals surface area contributed by atoms with Gasteiger partial charge < -0.3 is 10.3 Å². The molecule has 0 saturated carbocycles. The van der Waals surface area contributed by atoms with Gasteiger partial charge in [-0.2, -0.15) is 0 Å². The molecule has 15 heavy (non-hydrogen) atoms. The van der Waals surface area contributed by atoms with Gasteiger partial charge in [0.1, 0.15) is 0 Å². The van der Waals surface area contributed by atoms with Crippen molar-refractivity contribution >= 4 is 11.7 Å². The summed E-state index contributed by atoms with van der Waals surface area (Å²) in [5, 5.41) is 20.9. The molecule has 0 fully saturated rings. The highest BCUT2D eigenvalue weighted by molar-refractivity contribution is 6.04. The fraction of sp³-hybridized carbons (Fsp3) is 0.273. The molecule has 1 atom stereocenters. The maximum absolute atomic E-state index is 10.9. The third-order valence-electron chi connectivity index (χ3n) is 2.70. The van der Waals surface area contributed by atoms with Gasteiger partial charge in [-0.3, -0.25) is 4.79 Å². The van der Waals surface area contributed by atoms with Crippen molar-refractivity contribution < 1.29 is 15.1 Å². The van der Waals surface area contributed by atoms with Gasteiger partial charge in [-0.15, -0.1) is 0 Å². The molecule has 1 aromatic rings. The maximum Gasteiger partial charge on any atom is 0.307 e. The number of carbonyl (C=O) groups is 1. The Kier molecular flexibility index (Phi) is 2.41. The first-order chi connectivity index (χ1) is 7.22. The molecule has 0 heterocycles. The van der Waals surface area contributed by atoms with Crippen molar-refractivity contribution in [3.8, 4) is 0 Å². The van der Waals surface area contributed by atoms with Gasteiger partial charge in [-0.25, -0.2) is 0 Å². The van der Waals surface area contributed by atoms with Crippen LogP contribution in [-0.2, 0) is 11.2 Å². The Hall–Kier alpha value is -1.84. The average molecular weight is 205 g/mol. The molecule has 0 radical (unpaired) electrons. The Labute approximate surface area is 86.8 Å². The van der Waals surface area contributed by atoms with E-state index >= 15 is 0 Å². The molecule has 2 rings (SSSR count). The summed E-state index contributed by atoms with van der Waals surface area (Å²) in [4.78, 5) is 10.9. The fourth-order valence-corrected chi connectivity index (χ4v) is 1.93. The van der Waals surface area contributed by atoms with Gasteiger partial charge in [-0.1, -0.05) is 29.4 Å². The molecule has 1 aliphatic rings. The molecule has 0 bridgehead atoms. The van der Waals surface area contributed by atoms with Crippen LogP contribution in [0.3, 0.4) is 0 Å². The predicted molar refractivity (Wildman–Crippen MR) is 54.2 cm³/mol. The van der Waals surface area contributed by atoms with Crippen molar-refractivity contribution in [2.75, 3.05) is 0 Å². The van der Waals surface area contributed by atoms with Crippen LogP contribution in [0.2, 0.25) is 0 Å². The lowest BCUT2D eigenvalue weighted by Crippen LogP contribution is -2.26. The Morgan fingerprint density at radius 2 is 2.07 bits per heavy atom. The first-order valence-electron chi connectivity index (χ1n) is 4.74. The minimum atomic E-state index is -0.842. The molecule has 0 aromatic heterocycles. The Morgan fingerprint density at radius 3 is 2.73 bits per heavy atom. The zero-order chi connectivity index (χ0) is 10.8. The van der Waals surface area contributed by atoms with Gasteiger partial charge in [0.25, 0.3) is 0 Å². The third kappa shape index (κ3) is 1.70. The number of aliphatic carboxylic acids is 1. The lowest BCUT2D eigenvalue weighted by atomic mass is 9.83. The van der Waals surface area contributed by atoms with Crippen LogP contribution < -0.4 is 0 Å². The van der Waals surface area contributed by atoms with Crippen molar-refractivity contribution in [3.63, 3.8) is 0 Å². The smallest absolute Gasteiger partial charge is 0.307 e. The number of benzene rings is 1. The molecular formula is C11H11NO3. The highest BCUT2D eigenvalue weighted by Gasteiger charge is 2.28. The molecule has 4 heteroatoms. The molecule has 0 amide bonds. The number of carboxylic acids is 1. The van der Waals surface area contributed by atoms with Gasteiger partial charge in [0, 0.05) is 12.0 Å². The topological polar surface area (TPSA) is 69.9 Å². The van der Waals surface area contributed by atoms with E-state index < -0.39 is 11.9 Å². The van der Waals surface area contributed by atoms with Crippen molar-refractivity contribution in [1.29, 1.82) is 0 Å². The standard InChI is InChI=1S/C11H11NO3/c13-11(14)8-5-7-3-1-2-4-9(7)10(6-8)12-15/h1-4,8,15H,5-6H2,(H,13,14)/b12-10-. The van der Waals surface area contributed by atoms with Crippen LogP contribution in [0.25, 0.3) is 0 Å². The van der Waals surface area contributed by atoms with Gasteiger partial charge in [0.15, 0.2) is 0 Å². The minimum Gasteiger partial charge on any atom is -0.481 e. The fourth-order valence-electron chi connectivity index (χ4n) is 1.93. The van der Waals surface area contributed by atoms with Crippen molar-refractivity contribution in [2.45, 2.75) is 12.8 Å². The van der Waals surface area contributed by atoms with Crippen LogP contribution in [0, 0.1) is 5.92 Å². The SMILES string of the molecule is O=C(O)C1C/C(=N/O)c2ccccc2C1. The first kappa shape index (κ1) is 9.71. The molecule has 78 valence electrons. The maximum atomic E-state index is 10.9. The van der Waals surface area contributed by atoms with Crippen molar-refractivity contribution in [1.82, 2.24) is 0 Å². The second-order valence-corrected chi connectivity index (χ2v) is 3.65. The summed E-state index contributed by atoms with van der Waals surface area (Å²) in [6, 6.07) is 7.43. The number of oxime groups is 1. The van der Waals surface area contributed by atoms with Crippen LogP contribution in [0.4, 0.5) is 0 Å². The highest BCUT2D eigenvalue weighted by Crippen LogP contribution is 2.25. The van der Waals surface area contributed by atoms with E-state index in [1.165, 1.54) is 0 Å². The monoisotopic (exact) mass is 205 g/mol. The van der Waals surface area contributed by atoms with E-state index in [4.69, 9.17) is 10.3 Å². The van der Waals surface area contributed by atoms with E-state index in [1.54, 1.807) is 0 Å². The Bertz CT molecular complexity index is 426. The van der Waals surface area contributed by atoms with Crippen LogP contribution in [0.15, 0.2) is 29.4 Å². The zero-order valence-electron chi connectivity index (χ0n) is 8.05. The number of rotatable bonds is 1. The Balaban J connectivity index is 2.43. The molecule has 0 aliphatic heterocycles. The van der Waals surface area contributed by atoms with Crippen molar-refractivity contribution in [3.05, 3.63) is 35.4 Å². The Morgan fingerprint density at radius 1 is 1.33 bits per heavy atom. The van der Waals surface area contributed by atoms with E-state index in [0.29, 0.717) is 18.6 Å². The summed E-state index contributed by atoms with van der Waals surface area (Å²) in [6.07, 6.45) is 0.799. The molecule has 1 unspecified atom stereocenters. The molecular weight excluding hydrogens is 194 g/mol. The number of hydrogen-bond acceptors (Lipinski definition) is 3. The summed E-state index contributed by atoms with van der Waals surface area (Å²) >= 11 is 0. The summed E-state index contributed by atoms with van der Waals surface area (Å²) in [5.74, 6) is -1.32. The second kappa shape index (κ2) is 3.73. The van der Waals surface area contributed by atoms with Gasteiger partial charge in [-0.05, 0) is 12.0 Å². The van der Waals surface area contributed by atoms with Gasteiger partial charge in [0.05, 0.1) is 11.6 Å². The molecule has 0 saturated heterocycles. The normalized spacial score (nSPS) is 22.4. The number of fused-ring (bicyclic) bond motifs is 1. The number of nitrogens with zero attached hydrogens (tertiary/aromatic N) is 1. The summed E-state index contributed by atoms with van der Waals surface area (Å²) < 4.78 is 0. The third-order valence-corrected chi connectivity index (χ3v) is 2.70. The van der Waals surface area contributed by atoms with Gasteiger partial charge >= 0.3 is 5.97 Å². The van der Waals surface area contributed by atoms with Gasteiger partial charge in [0.2, 0.25) is 0 Å². The van der Waals surface area contributed by atoms with Crippen LogP contribution >= 0.6 is 0 Å². The molecule has 1 aromatic carbocycles. The van der Waals surface area contributed by atoms with Crippen LogP contribution in [0.5, 0.6) is 0 Å². The minimum absolute atomic E-state index is 0.294. The molecule has 1 aliphatic carbocycles. The summed E-state index contributed by atoms with van der Waals surface area (Å²) in [6.45, 7) is 0. The summed E-state index contributed by atoms with van der Waals surface area (Å²) in [7, 11) is 0. The van der Waals surface area contributed by atoms with Crippen LogP contribution in [-0.4, -0.2) is 22.0 Å².